The van der Waals surface area contributed by atoms with Gasteiger partial charge in [0.25, 0.3) is 0 Å². The molecule has 1 heterocycles. The van der Waals surface area contributed by atoms with Crippen molar-refractivity contribution in [2.24, 2.45) is 0 Å². The van der Waals surface area contributed by atoms with Crippen molar-refractivity contribution >= 4 is 17.7 Å². The predicted molar refractivity (Wildman–Crippen MR) is 65.5 cm³/mol. The van der Waals surface area contributed by atoms with Crippen molar-refractivity contribution in [3.63, 3.8) is 0 Å². The quantitative estimate of drug-likeness (QED) is 0.809. The molecule has 2 rings (SSSR count). The van der Waals surface area contributed by atoms with Crippen molar-refractivity contribution in [2.75, 3.05) is 5.75 Å². The number of hydrogen-bond donors (Lipinski definition) is 2. The fraction of sp³-hybridized carbons (Fsp3) is 0.182. The first-order valence-corrected chi connectivity index (χ1v) is 6.47. The number of benzene rings is 1. The Labute approximate surface area is 120 Å². The van der Waals surface area contributed by atoms with Crippen molar-refractivity contribution < 1.29 is 28.2 Å². The van der Waals surface area contributed by atoms with E-state index in [2.05, 4.69) is 10.2 Å². The van der Waals surface area contributed by atoms with E-state index in [4.69, 9.17) is 10.2 Å². The van der Waals surface area contributed by atoms with Gasteiger partial charge in [0.1, 0.15) is 18.1 Å². The lowest BCUT2D eigenvalue weighted by Gasteiger charge is -2.10. The van der Waals surface area contributed by atoms with Gasteiger partial charge in [0.05, 0.1) is 5.75 Å². The van der Waals surface area contributed by atoms with Crippen LogP contribution in [0.25, 0.3) is 5.69 Å². The number of aliphatic hydroxyl groups excluding tert-OH is 1. The first kappa shape index (κ1) is 15.3. The summed E-state index contributed by atoms with van der Waals surface area (Å²) in [5.41, 5.74) is -0.682. The zero-order valence-corrected chi connectivity index (χ0v) is 11.1. The van der Waals surface area contributed by atoms with Crippen molar-refractivity contribution in [3.05, 3.63) is 35.4 Å². The number of aliphatic carboxylic acids is 1. The Balaban J connectivity index is 2.56. The van der Waals surface area contributed by atoms with Gasteiger partial charge in [0.15, 0.2) is 22.6 Å². The van der Waals surface area contributed by atoms with Gasteiger partial charge in [-0.15, -0.1) is 10.2 Å². The predicted octanol–water partition coefficient (Wildman–Crippen LogP) is 1.35. The van der Waals surface area contributed by atoms with Crippen LogP contribution in [0.1, 0.15) is 5.82 Å². The monoisotopic (exact) mass is 319 g/mol. The minimum Gasteiger partial charge on any atom is -0.481 e. The van der Waals surface area contributed by atoms with Crippen molar-refractivity contribution in [1.29, 1.82) is 0 Å². The summed E-state index contributed by atoms with van der Waals surface area (Å²) in [6.45, 7) is -0.684. The molecular weight excluding hydrogens is 311 g/mol. The molecule has 0 aliphatic carbocycles. The van der Waals surface area contributed by atoms with E-state index in [9.17, 15) is 18.0 Å². The maximum atomic E-state index is 13.8. The van der Waals surface area contributed by atoms with Crippen molar-refractivity contribution in [1.82, 2.24) is 14.8 Å². The number of aromatic nitrogens is 3. The van der Waals surface area contributed by atoms with E-state index >= 15 is 0 Å². The summed E-state index contributed by atoms with van der Waals surface area (Å²) < 4.78 is 41.4. The number of thioether (sulfide) groups is 1. The number of carboxylic acid groups (broad SMARTS) is 1. The van der Waals surface area contributed by atoms with Crippen LogP contribution in [0.5, 0.6) is 0 Å². The number of aliphatic hydroxyl groups is 1. The molecule has 0 saturated heterocycles. The first-order valence-electron chi connectivity index (χ1n) is 5.48. The minimum absolute atomic E-state index is 0.133. The summed E-state index contributed by atoms with van der Waals surface area (Å²) >= 11 is 0.659. The van der Waals surface area contributed by atoms with Crippen molar-refractivity contribution in [2.45, 2.75) is 11.8 Å². The zero-order valence-electron chi connectivity index (χ0n) is 10.3. The van der Waals surface area contributed by atoms with E-state index in [1.165, 1.54) is 0 Å². The number of rotatable bonds is 5. The lowest BCUT2D eigenvalue weighted by molar-refractivity contribution is -0.133. The maximum Gasteiger partial charge on any atom is 0.313 e. The lowest BCUT2D eigenvalue weighted by atomic mass is 10.2. The van der Waals surface area contributed by atoms with Crippen LogP contribution in [0.4, 0.5) is 13.2 Å². The van der Waals surface area contributed by atoms with E-state index in [0.717, 1.165) is 4.57 Å². The standard InChI is InChI=1S/C11H8F3N3O3S/c12-5-1-6(13)10(7(14)2-5)17-8(3-18)15-16-11(17)21-4-9(19)20/h1-2,18H,3-4H2,(H,19,20). The minimum atomic E-state index is -1.22. The van der Waals surface area contributed by atoms with Gasteiger partial charge in [-0.2, -0.15) is 0 Å². The highest BCUT2D eigenvalue weighted by atomic mass is 32.2. The second-order valence-corrected chi connectivity index (χ2v) is 4.74. The van der Waals surface area contributed by atoms with Crippen LogP contribution in [-0.2, 0) is 11.4 Å². The average Bonchev–Trinajstić information content (AvgIpc) is 2.78. The Morgan fingerprint density at radius 3 is 2.38 bits per heavy atom. The van der Waals surface area contributed by atoms with Crippen LogP contribution in [0.3, 0.4) is 0 Å². The highest BCUT2D eigenvalue weighted by Gasteiger charge is 2.22. The topological polar surface area (TPSA) is 88.2 Å². The normalized spacial score (nSPS) is 10.9. The molecule has 0 bridgehead atoms. The summed E-state index contributed by atoms with van der Waals surface area (Å²) in [6, 6.07) is 0.927. The fourth-order valence-corrected chi connectivity index (χ4v) is 2.27. The Kier molecular flexibility index (Phi) is 4.48. The van der Waals surface area contributed by atoms with E-state index in [1.807, 2.05) is 0 Å². The molecule has 2 aromatic rings. The number of hydrogen-bond acceptors (Lipinski definition) is 5. The van der Waals surface area contributed by atoms with Crippen molar-refractivity contribution in [3.8, 4) is 5.69 Å². The molecule has 2 N–H and O–H groups in total. The fourth-order valence-electron chi connectivity index (χ4n) is 1.60. The van der Waals surface area contributed by atoms with E-state index in [-0.39, 0.29) is 11.0 Å². The Morgan fingerprint density at radius 2 is 1.86 bits per heavy atom. The molecule has 0 atom stereocenters. The highest BCUT2D eigenvalue weighted by molar-refractivity contribution is 7.99. The van der Waals surface area contributed by atoms with Crippen LogP contribution in [0.15, 0.2) is 17.3 Å². The molecule has 1 aromatic heterocycles. The number of carbonyl (C=O) groups is 1. The molecule has 0 unspecified atom stereocenters. The van der Waals surface area contributed by atoms with Gasteiger partial charge >= 0.3 is 5.97 Å². The Bertz CT molecular complexity index is 670. The van der Waals surface area contributed by atoms with Gasteiger partial charge in [-0.3, -0.25) is 9.36 Å². The maximum absolute atomic E-state index is 13.8. The summed E-state index contributed by atoms with van der Waals surface area (Å²) in [5.74, 6) is -5.34. The molecule has 21 heavy (non-hydrogen) atoms. The molecule has 0 spiro atoms. The number of halogens is 3. The van der Waals surface area contributed by atoms with Gasteiger partial charge in [-0.05, 0) is 0 Å². The molecule has 0 aliphatic heterocycles. The first-order chi connectivity index (χ1) is 9.93. The highest BCUT2D eigenvalue weighted by Crippen LogP contribution is 2.26. The summed E-state index contributed by atoms with van der Waals surface area (Å²) in [7, 11) is 0. The van der Waals surface area contributed by atoms with Gasteiger partial charge in [-0.1, -0.05) is 11.8 Å². The molecule has 112 valence electrons. The van der Waals surface area contributed by atoms with Crippen LogP contribution in [0.2, 0.25) is 0 Å². The molecule has 0 fully saturated rings. The molecule has 1 aromatic carbocycles. The second kappa shape index (κ2) is 6.14. The molecule has 10 heteroatoms. The third-order valence-electron chi connectivity index (χ3n) is 2.37. The largest absolute Gasteiger partial charge is 0.481 e. The molecule has 0 amide bonds. The van der Waals surface area contributed by atoms with Gasteiger partial charge < -0.3 is 10.2 Å². The Hall–Kier alpha value is -2.07. The van der Waals surface area contributed by atoms with Crippen LogP contribution < -0.4 is 0 Å². The molecule has 6 nitrogen and oxygen atoms in total. The summed E-state index contributed by atoms with van der Waals surface area (Å²) in [6.07, 6.45) is 0. The van der Waals surface area contributed by atoms with Crippen LogP contribution in [0, 0.1) is 17.5 Å². The molecule has 0 radical (unpaired) electrons. The lowest BCUT2D eigenvalue weighted by Crippen LogP contribution is -2.09. The summed E-state index contributed by atoms with van der Waals surface area (Å²) in [4.78, 5) is 10.5. The molecule has 0 saturated carbocycles. The van der Waals surface area contributed by atoms with E-state index in [1.54, 1.807) is 0 Å². The van der Waals surface area contributed by atoms with Gasteiger partial charge in [0, 0.05) is 12.1 Å². The smallest absolute Gasteiger partial charge is 0.313 e. The van der Waals surface area contributed by atoms with E-state index in [0.29, 0.717) is 23.9 Å². The zero-order chi connectivity index (χ0) is 15.6. The SMILES string of the molecule is O=C(O)CSc1nnc(CO)n1-c1c(F)cc(F)cc1F. The number of carboxylic acids is 1. The van der Waals surface area contributed by atoms with Crippen LogP contribution in [-0.4, -0.2) is 36.7 Å². The summed E-state index contributed by atoms with van der Waals surface area (Å²) in [5, 5.41) is 24.7. The van der Waals surface area contributed by atoms with Gasteiger partial charge in [0.2, 0.25) is 0 Å². The third-order valence-corrected chi connectivity index (χ3v) is 3.29. The molecular formula is C11H8F3N3O3S. The Morgan fingerprint density at radius 1 is 1.24 bits per heavy atom. The average molecular weight is 319 g/mol. The third kappa shape index (κ3) is 3.16. The van der Waals surface area contributed by atoms with E-state index < -0.39 is 41.5 Å². The van der Waals surface area contributed by atoms with Gasteiger partial charge in [-0.25, -0.2) is 13.2 Å². The second-order valence-electron chi connectivity index (χ2n) is 3.79. The number of nitrogens with zero attached hydrogens (tertiary/aromatic N) is 3. The van der Waals surface area contributed by atoms with Crippen LogP contribution >= 0.6 is 11.8 Å². The molecule has 0 aliphatic rings.